The van der Waals surface area contributed by atoms with Gasteiger partial charge in [-0.15, -0.1) is 0 Å². The first-order valence-corrected chi connectivity index (χ1v) is 3.51. The number of nitrogens with zero attached hydrogens (tertiary/aromatic N) is 1. The van der Waals surface area contributed by atoms with Crippen molar-refractivity contribution in [2.75, 3.05) is 0 Å². The van der Waals surface area contributed by atoms with Crippen LogP contribution in [-0.4, -0.2) is 26.2 Å². The van der Waals surface area contributed by atoms with Gasteiger partial charge in [0.05, 0.1) is 5.71 Å². The molecule has 0 bridgehead atoms. The van der Waals surface area contributed by atoms with E-state index in [0.717, 1.165) is 0 Å². The van der Waals surface area contributed by atoms with Crippen molar-refractivity contribution >= 4 is 5.71 Å². The molecule has 1 aromatic carbocycles. The third-order valence-electron chi connectivity index (χ3n) is 1.67. The SMILES string of the molecule is CC(=NO)c1ccc(O)c(O)c1O. The summed E-state index contributed by atoms with van der Waals surface area (Å²) in [4.78, 5) is 0. The summed E-state index contributed by atoms with van der Waals surface area (Å²) < 4.78 is 0. The summed E-state index contributed by atoms with van der Waals surface area (Å²) in [6.45, 7) is 1.45. The predicted octanol–water partition coefficient (Wildman–Crippen LogP) is 1.00. The van der Waals surface area contributed by atoms with Gasteiger partial charge in [-0.05, 0) is 19.1 Å². The molecule has 0 aliphatic heterocycles. The molecule has 1 rings (SSSR count). The smallest absolute Gasteiger partial charge is 0.200 e. The molecule has 0 spiro atoms. The quantitative estimate of drug-likeness (QED) is 0.226. The molecule has 4 N–H and O–H groups in total. The van der Waals surface area contributed by atoms with Crippen molar-refractivity contribution in [2.45, 2.75) is 6.92 Å². The van der Waals surface area contributed by atoms with Crippen molar-refractivity contribution in [2.24, 2.45) is 5.16 Å². The van der Waals surface area contributed by atoms with Gasteiger partial charge in [-0.2, -0.15) is 0 Å². The Kier molecular flexibility index (Phi) is 2.27. The molecule has 0 saturated heterocycles. The maximum Gasteiger partial charge on any atom is 0.200 e. The summed E-state index contributed by atoms with van der Waals surface area (Å²) in [5.74, 6) is -1.55. The molecule has 0 radical (unpaired) electrons. The zero-order chi connectivity index (χ0) is 10.0. The number of aromatic hydroxyl groups is 3. The molecular formula is C8H9NO4. The van der Waals surface area contributed by atoms with Crippen LogP contribution in [0.4, 0.5) is 0 Å². The van der Waals surface area contributed by atoms with Crippen molar-refractivity contribution in [3.05, 3.63) is 17.7 Å². The van der Waals surface area contributed by atoms with E-state index in [2.05, 4.69) is 5.16 Å². The van der Waals surface area contributed by atoms with Crippen LogP contribution in [0.25, 0.3) is 0 Å². The van der Waals surface area contributed by atoms with E-state index in [1.54, 1.807) is 0 Å². The standard InChI is InChI=1S/C8H9NO4/c1-4(9-13)5-2-3-6(10)8(12)7(5)11/h2-3,10-13H,1H3. The number of phenolic OH excluding ortho intramolecular Hbond substituents is 3. The van der Waals surface area contributed by atoms with Crippen LogP contribution in [0.5, 0.6) is 17.2 Å². The molecule has 0 heterocycles. The fraction of sp³-hybridized carbons (Fsp3) is 0.125. The molecule has 5 heteroatoms. The van der Waals surface area contributed by atoms with E-state index >= 15 is 0 Å². The minimum absolute atomic E-state index is 0.146. The highest BCUT2D eigenvalue weighted by molar-refractivity contribution is 6.01. The van der Waals surface area contributed by atoms with E-state index in [9.17, 15) is 5.11 Å². The zero-order valence-corrected chi connectivity index (χ0v) is 6.89. The van der Waals surface area contributed by atoms with E-state index < -0.39 is 17.2 Å². The van der Waals surface area contributed by atoms with Crippen LogP contribution >= 0.6 is 0 Å². The van der Waals surface area contributed by atoms with Crippen molar-refractivity contribution in [3.8, 4) is 17.2 Å². The molecule has 0 amide bonds. The Bertz CT molecular complexity index is 359. The van der Waals surface area contributed by atoms with Crippen LogP contribution in [0.1, 0.15) is 12.5 Å². The Balaban J connectivity index is 3.34. The molecule has 0 unspecified atom stereocenters. The highest BCUT2D eigenvalue weighted by atomic mass is 16.4. The predicted molar refractivity (Wildman–Crippen MR) is 45.4 cm³/mol. The van der Waals surface area contributed by atoms with Crippen molar-refractivity contribution in [3.63, 3.8) is 0 Å². The Morgan fingerprint density at radius 1 is 1.15 bits per heavy atom. The fourth-order valence-electron chi connectivity index (χ4n) is 0.915. The first kappa shape index (κ1) is 9.18. The first-order chi connectivity index (χ1) is 6.07. The average Bonchev–Trinajstić information content (AvgIpc) is 2.13. The monoisotopic (exact) mass is 183 g/mol. The van der Waals surface area contributed by atoms with Gasteiger partial charge in [0.2, 0.25) is 5.75 Å². The van der Waals surface area contributed by atoms with Gasteiger partial charge >= 0.3 is 0 Å². The van der Waals surface area contributed by atoms with Crippen LogP contribution in [0.2, 0.25) is 0 Å². The molecule has 0 aromatic heterocycles. The molecule has 0 atom stereocenters. The first-order valence-electron chi connectivity index (χ1n) is 3.51. The molecule has 5 nitrogen and oxygen atoms in total. The Hall–Kier alpha value is -1.91. The third kappa shape index (κ3) is 1.48. The largest absolute Gasteiger partial charge is 0.504 e. The van der Waals surface area contributed by atoms with Gasteiger partial charge in [-0.3, -0.25) is 0 Å². The minimum Gasteiger partial charge on any atom is -0.504 e. The van der Waals surface area contributed by atoms with Crippen LogP contribution in [0, 0.1) is 0 Å². The van der Waals surface area contributed by atoms with Gasteiger partial charge in [-0.1, -0.05) is 5.16 Å². The summed E-state index contributed by atoms with van der Waals surface area (Å²) in [6, 6.07) is 2.53. The zero-order valence-electron chi connectivity index (χ0n) is 6.89. The number of rotatable bonds is 1. The second-order valence-electron chi connectivity index (χ2n) is 2.51. The highest BCUT2D eigenvalue weighted by Gasteiger charge is 2.12. The lowest BCUT2D eigenvalue weighted by Crippen LogP contribution is -1.94. The Morgan fingerprint density at radius 2 is 1.77 bits per heavy atom. The molecule has 13 heavy (non-hydrogen) atoms. The van der Waals surface area contributed by atoms with Gasteiger partial charge in [0.25, 0.3) is 0 Å². The van der Waals surface area contributed by atoms with E-state index in [4.69, 9.17) is 15.4 Å². The Morgan fingerprint density at radius 3 is 2.31 bits per heavy atom. The van der Waals surface area contributed by atoms with Gasteiger partial charge in [0.15, 0.2) is 11.5 Å². The minimum atomic E-state index is -0.625. The van der Waals surface area contributed by atoms with Crippen molar-refractivity contribution in [1.29, 1.82) is 0 Å². The maximum atomic E-state index is 9.28. The highest BCUT2D eigenvalue weighted by Crippen LogP contribution is 2.37. The molecule has 70 valence electrons. The molecule has 1 aromatic rings. The summed E-state index contributed by atoms with van der Waals surface area (Å²) in [5, 5.41) is 38.6. The average molecular weight is 183 g/mol. The van der Waals surface area contributed by atoms with Crippen LogP contribution in [-0.2, 0) is 0 Å². The van der Waals surface area contributed by atoms with Gasteiger partial charge < -0.3 is 20.5 Å². The number of hydrogen-bond donors (Lipinski definition) is 4. The lowest BCUT2D eigenvalue weighted by molar-refractivity contribution is 0.318. The second kappa shape index (κ2) is 3.22. The molecule has 0 aliphatic rings. The topological polar surface area (TPSA) is 93.3 Å². The van der Waals surface area contributed by atoms with Crippen LogP contribution in [0.15, 0.2) is 17.3 Å². The lowest BCUT2D eigenvalue weighted by atomic mass is 10.1. The number of phenols is 3. The fourth-order valence-corrected chi connectivity index (χ4v) is 0.915. The van der Waals surface area contributed by atoms with Crippen molar-refractivity contribution in [1.82, 2.24) is 0 Å². The summed E-state index contributed by atoms with van der Waals surface area (Å²) in [5.41, 5.74) is 0.311. The molecule has 0 saturated carbocycles. The van der Waals surface area contributed by atoms with E-state index in [1.165, 1.54) is 19.1 Å². The summed E-state index contributed by atoms with van der Waals surface area (Å²) in [7, 11) is 0. The van der Waals surface area contributed by atoms with E-state index in [0.29, 0.717) is 0 Å². The van der Waals surface area contributed by atoms with E-state index in [1.807, 2.05) is 0 Å². The Labute approximate surface area is 74.2 Å². The number of oxime groups is 1. The molecular weight excluding hydrogens is 174 g/mol. The second-order valence-corrected chi connectivity index (χ2v) is 2.51. The third-order valence-corrected chi connectivity index (χ3v) is 1.67. The van der Waals surface area contributed by atoms with Gasteiger partial charge in [0, 0.05) is 5.56 Å². The normalized spacial score (nSPS) is 11.6. The van der Waals surface area contributed by atoms with Crippen LogP contribution in [0.3, 0.4) is 0 Å². The maximum absolute atomic E-state index is 9.28. The van der Waals surface area contributed by atoms with Crippen LogP contribution < -0.4 is 0 Å². The number of benzene rings is 1. The van der Waals surface area contributed by atoms with E-state index in [-0.39, 0.29) is 11.3 Å². The lowest BCUT2D eigenvalue weighted by Gasteiger charge is -2.05. The number of hydrogen-bond acceptors (Lipinski definition) is 5. The molecule has 0 fully saturated rings. The van der Waals surface area contributed by atoms with Crippen molar-refractivity contribution < 1.29 is 20.5 Å². The molecule has 0 aliphatic carbocycles. The summed E-state index contributed by atoms with van der Waals surface area (Å²) in [6.07, 6.45) is 0. The van der Waals surface area contributed by atoms with Gasteiger partial charge in [0.1, 0.15) is 0 Å². The summed E-state index contributed by atoms with van der Waals surface area (Å²) >= 11 is 0. The van der Waals surface area contributed by atoms with Gasteiger partial charge in [-0.25, -0.2) is 0 Å².